The molecule has 0 bridgehead atoms. The van der Waals surface area contributed by atoms with E-state index in [2.05, 4.69) is 5.32 Å². The molecule has 0 atom stereocenters. The van der Waals surface area contributed by atoms with Crippen LogP contribution in [-0.4, -0.2) is 17.0 Å². The van der Waals surface area contributed by atoms with Crippen molar-refractivity contribution in [3.8, 4) is 6.07 Å². The van der Waals surface area contributed by atoms with Gasteiger partial charge < -0.3 is 10.4 Å². The summed E-state index contributed by atoms with van der Waals surface area (Å²) in [6, 6.07) is 8.16. The van der Waals surface area contributed by atoms with Gasteiger partial charge in [-0.1, -0.05) is 19.1 Å². The van der Waals surface area contributed by atoms with E-state index >= 15 is 0 Å². The van der Waals surface area contributed by atoms with Crippen molar-refractivity contribution in [1.82, 2.24) is 0 Å². The van der Waals surface area contributed by atoms with Crippen LogP contribution in [-0.2, 0) is 9.59 Å². The Morgan fingerprint density at radius 2 is 2.00 bits per heavy atom. The molecule has 0 heterocycles. The first-order valence-corrected chi connectivity index (χ1v) is 5.31. The van der Waals surface area contributed by atoms with Gasteiger partial charge in [-0.2, -0.15) is 5.26 Å². The average molecular weight is 244 g/mol. The second kappa shape index (κ2) is 6.21. The molecule has 1 rings (SSSR count). The molecule has 0 aliphatic carbocycles. The number of carbonyl (C=O) groups is 2. The number of carboxylic acid groups (broad SMARTS) is 1. The third kappa shape index (κ3) is 3.76. The molecular formula is C13H12N2O3. The topological polar surface area (TPSA) is 90.2 Å². The lowest BCUT2D eigenvalue weighted by Crippen LogP contribution is -2.09. The Labute approximate surface area is 104 Å². The number of aliphatic carboxylic acids is 1. The molecule has 0 saturated heterocycles. The van der Waals surface area contributed by atoms with Gasteiger partial charge in [0.05, 0.1) is 0 Å². The average Bonchev–Trinajstić information content (AvgIpc) is 2.37. The smallest absolute Gasteiger partial charge is 0.346 e. The van der Waals surface area contributed by atoms with E-state index in [1.807, 2.05) is 0 Å². The quantitative estimate of drug-likeness (QED) is 0.626. The van der Waals surface area contributed by atoms with Crippen LogP contribution < -0.4 is 5.32 Å². The number of benzene rings is 1. The monoisotopic (exact) mass is 244 g/mol. The van der Waals surface area contributed by atoms with Crippen LogP contribution in [0, 0.1) is 11.3 Å². The SMILES string of the molecule is CCC(=O)Nc1ccc(/C=C(\C#N)C(=O)O)cc1. The third-order valence-corrected chi connectivity index (χ3v) is 2.18. The molecule has 5 heteroatoms. The molecule has 0 saturated carbocycles. The third-order valence-electron chi connectivity index (χ3n) is 2.18. The van der Waals surface area contributed by atoms with Gasteiger partial charge in [-0.25, -0.2) is 4.79 Å². The summed E-state index contributed by atoms with van der Waals surface area (Å²) in [5.74, 6) is -1.36. The minimum absolute atomic E-state index is 0.0958. The van der Waals surface area contributed by atoms with E-state index in [1.165, 1.54) is 6.08 Å². The van der Waals surface area contributed by atoms with E-state index in [9.17, 15) is 9.59 Å². The Bertz CT molecular complexity index is 524. The van der Waals surface area contributed by atoms with Crippen LogP contribution >= 0.6 is 0 Å². The zero-order valence-electron chi connectivity index (χ0n) is 9.80. The molecule has 18 heavy (non-hydrogen) atoms. The Balaban J connectivity index is 2.87. The number of nitrogens with one attached hydrogen (secondary N) is 1. The highest BCUT2D eigenvalue weighted by Crippen LogP contribution is 2.12. The van der Waals surface area contributed by atoms with Gasteiger partial charge in [0.15, 0.2) is 0 Å². The molecule has 0 fully saturated rings. The summed E-state index contributed by atoms with van der Waals surface area (Å²) in [5.41, 5.74) is 0.886. The summed E-state index contributed by atoms with van der Waals surface area (Å²) in [7, 11) is 0. The molecule has 0 spiro atoms. The van der Waals surface area contributed by atoms with Crippen molar-refractivity contribution in [3.63, 3.8) is 0 Å². The lowest BCUT2D eigenvalue weighted by atomic mass is 10.1. The van der Waals surface area contributed by atoms with E-state index in [1.54, 1.807) is 37.3 Å². The van der Waals surface area contributed by atoms with E-state index in [-0.39, 0.29) is 11.5 Å². The van der Waals surface area contributed by atoms with Crippen LogP contribution in [0.1, 0.15) is 18.9 Å². The maximum Gasteiger partial charge on any atom is 0.346 e. The summed E-state index contributed by atoms with van der Waals surface area (Å²) in [6.07, 6.45) is 1.66. The van der Waals surface area contributed by atoms with Gasteiger partial charge in [-0.3, -0.25) is 4.79 Å². The zero-order valence-corrected chi connectivity index (χ0v) is 9.80. The Morgan fingerprint density at radius 3 is 2.44 bits per heavy atom. The van der Waals surface area contributed by atoms with Gasteiger partial charge >= 0.3 is 5.97 Å². The first kappa shape index (κ1) is 13.5. The number of amides is 1. The summed E-state index contributed by atoms with van der Waals surface area (Å²) < 4.78 is 0. The van der Waals surface area contributed by atoms with Crippen molar-refractivity contribution in [2.75, 3.05) is 5.32 Å². The zero-order chi connectivity index (χ0) is 13.5. The van der Waals surface area contributed by atoms with Crippen LogP contribution in [0.2, 0.25) is 0 Å². The molecule has 1 aromatic rings. The Hall–Kier alpha value is -2.61. The summed E-state index contributed by atoms with van der Waals surface area (Å²) in [4.78, 5) is 21.8. The highest BCUT2D eigenvalue weighted by atomic mass is 16.4. The summed E-state index contributed by atoms with van der Waals surface area (Å²) in [6.45, 7) is 1.75. The Morgan fingerprint density at radius 1 is 1.39 bits per heavy atom. The minimum atomic E-state index is -1.26. The maximum absolute atomic E-state index is 11.1. The second-order valence-corrected chi connectivity index (χ2v) is 3.50. The van der Waals surface area contributed by atoms with E-state index < -0.39 is 5.97 Å². The molecule has 92 valence electrons. The van der Waals surface area contributed by atoms with Gasteiger partial charge in [0, 0.05) is 12.1 Å². The predicted molar refractivity (Wildman–Crippen MR) is 66.6 cm³/mol. The van der Waals surface area contributed by atoms with Gasteiger partial charge in [-0.05, 0) is 23.8 Å². The van der Waals surface area contributed by atoms with Crippen molar-refractivity contribution in [2.24, 2.45) is 0 Å². The lowest BCUT2D eigenvalue weighted by Gasteiger charge is -2.03. The fraction of sp³-hybridized carbons (Fsp3) is 0.154. The summed E-state index contributed by atoms with van der Waals surface area (Å²) in [5, 5.41) is 20.0. The van der Waals surface area contributed by atoms with Crippen LogP contribution in [0.5, 0.6) is 0 Å². The standard InChI is InChI=1S/C13H12N2O3/c1-2-12(16)15-11-5-3-9(4-6-11)7-10(8-14)13(17)18/h3-7H,2H2,1H3,(H,15,16)(H,17,18)/b10-7+. The number of carbonyl (C=O) groups excluding carboxylic acids is 1. The van der Waals surface area contributed by atoms with Crippen molar-refractivity contribution >= 4 is 23.6 Å². The molecule has 0 unspecified atom stereocenters. The number of rotatable bonds is 4. The fourth-order valence-corrected chi connectivity index (χ4v) is 1.22. The first-order chi connectivity index (χ1) is 8.56. The van der Waals surface area contributed by atoms with Crippen LogP contribution in [0.15, 0.2) is 29.8 Å². The predicted octanol–water partition coefficient (Wildman–Crippen LogP) is 2.03. The van der Waals surface area contributed by atoms with E-state index in [0.29, 0.717) is 17.7 Å². The van der Waals surface area contributed by atoms with Crippen molar-refractivity contribution in [3.05, 3.63) is 35.4 Å². The van der Waals surface area contributed by atoms with E-state index in [0.717, 1.165) is 0 Å². The lowest BCUT2D eigenvalue weighted by molar-refractivity contribution is -0.132. The normalized spacial score (nSPS) is 10.6. The van der Waals surface area contributed by atoms with Gasteiger partial charge in [0.1, 0.15) is 11.6 Å². The van der Waals surface area contributed by atoms with Crippen LogP contribution in [0.4, 0.5) is 5.69 Å². The molecular weight excluding hydrogens is 232 g/mol. The van der Waals surface area contributed by atoms with Gasteiger partial charge in [-0.15, -0.1) is 0 Å². The number of hydrogen-bond donors (Lipinski definition) is 2. The molecule has 0 aromatic heterocycles. The van der Waals surface area contributed by atoms with Crippen molar-refractivity contribution in [1.29, 1.82) is 5.26 Å². The molecule has 0 radical (unpaired) electrons. The molecule has 1 amide bonds. The second-order valence-electron chi connectivity index (χ2n) is 3.50. The summed E-state index contributed by atoms with van der Waals surface area (Å²) >= 11 is 0. The number of anilines is 1. The van der Waals surface area contributed by atoms with Gasteiger partial charge in [0.2, 0.25) is 5.91 Å². The number of hydrogen-bond acceptors (Lipinski definition) is 3. The molecule has 2 N–H and O–H groups in total. The Kier molecular flexibility index (Phi) is 4.64. The molecule has 0 aliphatic rings. The van der Waals surface area contributed by atoms with Crippen LogP contribution in [0.25, 0.3) is 6.08 Å². The number of carboxylic acids is 1. The van der Waals surface area contributed by atoms with Crippen LogP contribution in [0.3, 0.4) is 0 Å². The van der Waals surface area contributed by atoms with Crippen molar-refractivity contribution in [2.45, 2.75) is 13.3 Å². The highest BCUT2D eigenvalue weighted by Gasteiger charge is 2.05. The van der Waals surface area contributed by atoms with Crippen molar-refractivity contribution < 1.29 is 14.7 Å². The fourth-order valence-electron chi connectivity index (χ4n) is 1.22. The molecule has 1 aromatic carbocycles. The number of nitrogens with zero attached hydrogens (tertiary/aromatic N) is 1. The largest absolute Gasteiger partial charge is 0.477 e. The number of nitriles is 1. The first-order valence-electron chi connectivity index (χ1n) is 5.31. The molecule has 0 aliphatic heterocycles. The highest BCUT2D eigenvalue weighted by molar-refractivity contribution is 5.96. The van der Waals surface area contributed by atoms with Gasteiger partial charge in [0.25, 0.3) is 0 Å². The molecule has 5 nitrogen and oxygen atoms in total. The maximum atomic E-state index is 11.1. The van der Waals surface area contributed by atoms with E-state index in [4.69, 9.17) is 10.4 Å². The minimum Gasteiger partial charge on any atom is -0.477 e.